The normalized spacial score (nSPS) is 11.6. The van der Waals surface area contributed by atoms with Crippen molar-refractivity contribution in [2.24, 2.45) is 0 Å². The van der Waals surface area contributed by atoms with E-state index in [0.29, 0.717) is 11.1 Å². The van der Waals surface area contributed by atoms with Gasteiger partial charge in [-0.15, -0.1) is 0 Å². The SMILES string of the molecule is COc1ccc2c(c1)c1cc(OC)ccc1n2-c1cc[c]([Ge]([c]2ccccc2)([c]2ccccc2)[c]2ccc(-c3ccccc3C(=O)c3ccccc3)cc2)cc1-n1c2ccc(OC)cc2c2cc(OC)ccc21. The van der Waals surface area contributed by atoms with E-state index < -0.39 is 13.3 Å². The van der Waals surface area contributed by atoms with E-state index in [1.807, 2.05) is 72.8 Å². The number of aromatic nitrogens is 2. The quantitative estimate of drug-likeness (QED) is 0.0851. The van der Waals surface area contributed by atoms with Crippen LogP contribution in [0.25, 0.3) is 66.1 Å². The van der Waals surface area contributed by atoms with Crippen LogP contribution in [0.4, 0.5) is 0 Å². The van der Waals surface area contributed by atoms with E-state index in [1.165, 1.54) is 17.6 Å². The summed E-state index contributed by atoms with van der Waals surface area (Å²) in [7, 11) is 6.84. The first kappa shape index (κ1) is 45.4. The maximum absolute atomic E-state index is 14.1. The summed E-state index contributed by atoms with van der Waals surface area (Å²) < 4.78 is 33.3. The molecular weight excluding hydrogens is 961 g/mol. The number of carbonyl (C=O) groups is 1. The third-order valence-corrected chi connectivity index (χ3v) is 24.5. The van der Waals surface area contributed by atoms with Gasteiger partial charge in [-0.3, -0.25) is 0 Å². The molecule has 0 spiro atoms. The van der Waals surface area contributed by atoms with Crippen molar-refractivity contribution < 1.29 is 23.7 Å². The zero-order valence-electron chi connectivity index (χ0n) is 40.9. The first-order chi connectivity index (χ1) is 35.9. The molecular formula is C65H50GeN2O5. The fraction of sp³-hybridized carbons (Fsp3) is 0.0615. The third-order valence-electron chi connectivity index (χ3n) is 14.5. The fourth-order valence-electron chi connectivity index (χ4n) is 11.1. The predicted molar refractivity (Wildman–Crippen MR) is 300 cm³/mol. The summed E-state index contributed by atoms with van der Waals surface area (Å²) in [5.41, 5.74) is 9.32. The van der Waals surface area contributed by atoms with E-state index in [0.717, 1.165) is 89.1 Å². The summed E-state index contributed by atoms with van der Waals surface area (Å²) in [6.45, 7) is 0. The molecule has 10 aromatic carbocycles. The van der Waals surface area contributed by atoms with Crippen LogP contribution in [0, 0.1) is 0 Å². The average molecular weight is 1010 g/mol. The van der Waals surface area contributed by atoms with E-state index in [1.54, 1.807) is 28.4 Å². The van der Waals surface area contributed by atoms with E-state index >= 15 is 0 Å². The van der Waals surface area contributed by atoms with Crippen LogP contribution in [-0.4, -0.2) is 56.6 Å². The number of nitrogens with zero attached hydrogens (tertiary/aromatic N) is 2. The van der Waals surface area contributed by atoms with Gasteiger partial charge in [-0.1, -0.05) is 0 Å². The Morgan fingerprint density at radius 3 is 1.19 bits per heavy atom. The minimum absolute atomic E-state index is 0.00283. The van der Waals surface area contributed by atoms with Crippen LogP contribution in [-0.2, 0) is 0 Å². The van der Waals surface area contributed by atoms with Gasteiger partial charge >= 0.3 is 429 Å². The number of ketones is 1. The van der Waals surface area contributed by atoms with E-state index in [4.69, 9.17) is 18.9 Å². The van der Waals surface area contributed by atoms with Crippen LogP contribution in [0.5, 0.6) is 23.0 Å². The minimum atomic E-state index is -4.05. The van der Waals surface area contributed by atoms with Gasteiger partial charge < -0.3 is 0 Å². The van der Waals surface area contributed by atoms with Gasteiger partial charge in [0.25, 0.3) is 0 Å². The van der Waals surface area contributed by atoms with Gasteiger partial charge in [0.15, 0.2) is 0 Å². The summed E-state index contributed by atoms with van der Waals surface area (Å²) in [5, 5.41) is 4.18. The van der Waals surface area contributed by atoms with Gasteiger partial charge in [0, 0.05) is 0 Å². The maximum atomic E-state index is 14.1. The molecule has 0 amide bonds. The van der Waals surface area contributed by atoms with Gasteiger partial charge in [-0.05, 0) is 0 Å². The Labute approximate surface area is 426 Å². The third kappa shape index (κ3) is 7.54. The Bertz CT molecular complexity index is 3870. The summed E-state index contributed by atoms with van der Waals surface area (Å²) >= 11 is -4.05. The number of fused-ring (bicyclic) bond motifs is 6. The number of methoxy groups -OCH3 is 4. The summed E-state index contributed by atoms with van der Waals surface area (Å²) in [4.78, 5) is 14.1. The number of hydrogen-bond donors (Lipinski definition) is 0. The summed E-state index contributed by atoms with van der Waals surface area (Å²) in [5.74, 6) is 3.09. The second-order valence-electron chi connectivity index (χ2n) is 18.2. The second-order valence-corrected chi connectivity index (χ2v) is 26.2. The molecule has 0 N–H and O–H groups in total. The molecule has 8 heteroatoms. The molecule has 12 aromatic rings. The Hall–Kier alpha value is -8.79. The van der Waals surface area contributed by atoms with Crippen molar-refractivity contribution in [3.05, 3.63) is 242 Å². The number of rotatable bonds is 13. The van der Waals surface area contributed by atoms with E-state index in [-0.39, 0.29) is 5.78 Å². The summed E-state index contributed by atoms with van der Waals surface area (Å²) in [6, 6.07) is 81.1. The van der Waals surface area contributed by atoms with Crippen molar-refractivity contribution in [2.45, 2.75) is 0 Å². The molecule has 0 atom stereocenters. The topological polar surface area (TPSA) is 63.9 Å². The zero-order chi connectivity index (χ0) is 49.6. The van der Waals surface area contributed by atoms with Gasteiger partial charge in [0.2, 0.25) is 0 Å². The van der Waals surface area contributed by atoms with E-state index in [9.17, 15) is 4.79 Å². The van der Waals surface area contributed by atoms with Crippen molar-refractivity contribution in [1.29, 1.82) is 0 Å². The predicted octanol–water partition coefficient (Wildman–Crippen LogP) is 12.2. The molecule has 0 aliphatic carbocycles. The Morgan fingerprint density at radius 2 is 0.740 bits per heavy atom. The molecule has 0 radical (unpaired) electrons. The van der Waals surface area contributed by atoms with Crippen LogP contribution in [0.15, 0.2) is 231 Å². The van der Waals surface area contributed by atoms with Gasteiger partial charge in [0.1, 0.15) is 0 Å². The molecule has 12 rings (SSSR count). The second kappa shape index (κ2) is 18.8. The molecule has 0 bridgehead atoms. The van der Waals surface area contributed by atoms with Gasteiger partial charge in [0.05, 0.1) is 0 Å². The van der Waals surface area contributed by atoms with Crippen LogP contribution in [0.2, 0.25) is 0 Å². The van der Waals surface area contributed by atoms with Crippen LogP contribution in [0.1, 0.15) is 15.9 Å². The number of ether oxygens (including phenoxy) is 4. The zero-order valence-corrected chi connectivity index (χ0v) is 43.0. The standard InChI is InChI=1S/C65H50GeN2O5/c1-70-49-29-34-59-55(39-49)56-40-50(71-2)30-35-60(56)67(59)63-33-28-48(38-64(63)68-61-36-31-51(72-3)41-57(61)58-42-52(73-4)32-37-62(58)68)66(45-18-10-6-11-19-45,46-20-12-7-13-21-46)47-26-24-43(25-27-47)53-22-14-15-23-54(53)65(69)44-16-8-5-9-17-44/h5-42H,1-4H3. The molecule has 7 nitrogen and oxygen atoms in total. The van der Waals surface area contributed by atoms with Crippen molar-refractivity contribution in [3.8, 4) is 45.5 Å². The molecule has 73 heavy (non-hydrogen) atoms. The molecule has 0 aliphatic heterocycles. The molecule has 0 unspecified atom stereocenters. The van der Waals surface area contributed by atoms with Crippen molar-refractivity contribution in [3.63, 3.8) is 0 Å². The number of hydrogen-bond acceptors (Lipinski definition) is 5. The van der Waals surface area contributed by atoms with Gasteiger partial charge in [-0.25, -0.2) is 0 Å². The average Bonchev–Trinajstić information content (AvgIpc) is 3.96. The molecule has 0 aliphatic rings. The van der Waals surface area contributed by atoms with Crippen molar-refractivity contribution >= 4 is 80.2 Å². The van der Waals surface area contributed by atoms with Crippen molar-refractivity contribution in [1.82, 2.24) is 9.13 Å². The first-order valence-electron chi connectivity index (χ1n) is 24.3. The Kier molecular flexibility index (Phi) is 11.7. The summed E-state index contributed by atoms with van der Waals surface area (Å²) in [6.07, 6.45) is 0. The van der Waals surface area contributed by atoms with Crippen LogP contribution < -0.4 is 36.5 Å². The fourth-order valence-corrected chi connectivity index (χ4v) is 21.0. The number of benzene rings is 10. The number of carbonyl (C=O) groups excluding carboxylic acids is 1. The van der Waals surface area contributed by atoms with Crippen LogP contribution >= 0.6 is 0 Å². The molecule has 2 heterocycles. The van der Waals surface area contributed by atoms with Crippen molar-refractivity contribution in [2.75, 3.05) is 28.4 Å². The molecule has 0 saturated heterocycles. The Balaban J connectivity index is 1.18. The van der Waals surface area contributed by atoms with Crippen LogP contribution in [0.3, 0.4) is 0 Å². The van der Waals surface area contributed by atoms with E-state index in [2.05, 4.69) is 167 Å². The molecule has 0 fully saturated rings. The molecule has 2 aromatic heterocycles. The molecule has 354 valence electrons. The monoisotopic (exact) mass is 1010 g/mol. The first-order valence-corrected chi connectivity index (χ1v) is 28.5. The molecule has 0 saturated carbocycles. The Morgan fingerprint density at radius 1 is 0.356 bits per heavy atom. The van der Waals surface area contributed by atoms with Gasteiger partial charge in [-0.2, -0.15) is 0 Å².